The van der Waals surface area contributed by atoms with E-state index in [4.69, 9.17) is 9.47 Å². The van der Waals surface area contributed by atoms with Crippen LogP contribution in [-0.2, 0) is 16.0 Å². The fourth-order valence-electron chi connectivity index (χ4n) is 2.70. The molecule has 132 valence electrons. The average molecular weight is 351 g/mol. The third-order valence-corrected chi connectivity index (χ3v) is 3.91. The zero-order valence-corrected chi connectivity index (χ0v) is 14.2. The number of hydrogen-bond donors (Lipinski definition) is 0. The van der Waals surface area contributed by atoms with Gasteiger partial charge in [-0.15, -0.1) is 0 Å². The second-order valence-electron chi connectivity index (χ2n) is 5.68. The van der Waals surface area contributed by atoms with E-state index in [2.05, 4.69) is 0 Å². The molecule has 0 saturated carbocycles. The molecule has 0 saturated heterocycles. The summed E-state index contributed by atoms with van der Waals surface area (Å²) in [4.78, 5) is 36.6. The van der Waals surface area contributed by atoms with E-state index in [0.29, 0.717) is 16.5 Å². The van der Waals surface area contributed by atoms with Gasteiger partial charge in [-0.1, -0.05) is 24.3 Å². The van der Waals surface area contributed by atoms with Crippen molar-refractivity contribution in [2.75, 3.05) is 13.9 Å². The van der Waals surface area contributed by atoms with E-state index in [-0.39, 0.29) is 24.3 Å². The minimum atomic E-state index is -0.508. The predicted molar refractivity (Wildman–Crippen MR) is 97.3 cm³/mol. The molecule has 0 fully saturated rings. The molecule has 0 atom stereocenters. The maximum absolute atomic E-state index is 12.5. The zero-order chi connectivity index (χ0) is 18.5. The summed E-state index contributed by atoms with van der Waals surface area (Å²) in [6, 6.07) is 16.3. The van der Waals surface area contributed by atoms with Crippen molar-refractivity contribution in [2.24, 2.45) is 0 Å². The molecule has 6 heteroatoms. The Hall–Kier alpha value is -3.25. The predicted octanol–water partition coefficient (Wildman–Crippen LogP) is 2.17. The highest BCUT2D eigenvalue weighted by molar-refractivity contribution is 5.89. The van der Waals surface area contributed by atoms with Crippen LogP contribution in [-0.4, -0.2) is 24.4 Å². The van der Waals surface area contributed by atoms with Crippen LogP contribution in [0.25, 0.3) is 10.9 Å². The van der Waals surface area contributed by atoms with Gasteiger partial charge in [-0.3, -0.25) is 9.59 Å². The molecule has 26 heavy (non-hydrogen) atoms. The van der Waals surface area contributed by atoms with E-state index in [9.17, 15) is 14.4 Å². The maximum Gasteiger partial charge on any atom is 0.340 e. The topological polar surface area (TPSA) is 74.6 Å². The van der Waals surface area contributed by atoms with E-state index in [1.54, 1.807) is 48.5 Å². The average Bonchev–Trinajstić information content (AvgIpc) is 2.79. The van der Waals surface area contributed by atoms with E-state index in [1.165, 1.54) is 23.8 Å². The number of rotatable bonds is 5. The Bertz CT molecular complexity index is 1070. The summed E-state index contributed by atoms with van der Waals surface area (Å²) in [6.07, 6.45) is 0. The first-order valence-electron chi connectivity index (χ1n) is 7.98. The maximum atomic E-state index is 12.5. The van der Waals surface area contributed by atoms with Gasteiger partial charge in [0.25, 0.3) is 5.56 Å². The number of fused-ring (bicyclic) bond motifs is 1. The van der Waals surface area contributed by atoms with Crippen molar-refractivity contribution in [3.63, 3.8) is 0 Å². The highest BCUT2D eigenvalue weighted by Gasteiger charge is 2.09. The highest BCUT2D eigenvalue weighted by Crippen LogP contribution is 2.12. The minimum Gasteiger partial charge on any atom is -0.435 e. The van der Waals surface area contributed by atoms with Crippen molar-refractivity contribution in [3.05, 3.63) is 92.4 Å². The lowest BCUT2D eigenvalue weighted by Crippen LogP contribution is -2.18. The summed E-state index contributed by atoms with van der Waals surface area (Å²) in [7, 11) is 1.43. The van der Waals surface area contributed by atoms with Crippen LogP contribution in [0, 0.1) is 0 Å². The number of nitrogens with zero attached hydrogens (tertiary/aromatic N) is 1. The molecule has 0 bridgehead atoms. The number of para-hydroxylation sites is 1. The molecule has 0 spiro atoms. The zero-order valence-electron chi connectivity index (χ0n) is 14.2. The largest absolute Gasteiger partial charge is 0.435 e. The first-order chi connectivity index (χ1) is 12.6. The van der Waals surface area contributed by atoms with Gasteiger partial charge in [0.05, 0.1) is 17.6 Å². The summed E-state index contributed by atoms with van der Waals surface area (Å²) in [5.41, 5.74) is 1.13. The lowest BCUT2D eigenvalue weighted by atomic mass is 10.1. The molecule has 0 aliphatic carbocycles. The van der Waals surface area contributed by atoms with Gasteiger partial charge in [0.2, 0.25) is 0 Å². The van der Waals surface area contributed by atoms with Crippen molar-refractivity contribution in [1.29, 1.82) is 0 Å². The first-order valence-corrected chi connectivity index (χ1v) is 7.98. The second kappa shape index (κ2) is 7.76. The van der Waals surface area contributed by atoms with Gasteiger partial charge in [0, 0.05) is 18.6 Å². The van der Waals surface area contributed by atoms with Crippen LogP contribution in [0.4, 0.5) is 0 Å². The van der Waals surface area contributed by atoms with Crippen LogP contribution in [0.5, 0.6) is 0 Å². The third-order valence-electron chi connectivity index (χ3n) is 3.91. The summed E-state index contributed by atoms with van der Waals surface area (Å²) in [6.45, 7) is 0.0901. The third kappa shape index (κ3) is 3.70. The van der Waals surface area contributed by atoms with E-state index in [1.807, 2.05) is 0 Å². The Morgan fingerprint density at radius 3 is 2.62 bits per heavy atom. The van der Waals surface area contributed by atoms with Crippen LogP contribution >= 0.6 is 0 Å². The van der Waals surface area contributed by atoms with E-state index >= 15 is 0 Å². The number of aromatic nitrogens is 1. The Balaban J connectivity index is 2.04. The van der Waals surface area contributed by atoms with Crippen molar-refractivity contribution >= 4 is 16.9 Å². The van der Waals surface area contributed by atoms with Crippen LogP contribution in [0.3, 0.4) is 0 Å². The van der Waals surface area contributed by atoms with Gasteiger partial charge in [-0.05, 0) is 35.9 Å². The number of carbonyl (C=O) groups excluding carboxylic acids is 1. The molecule has 3 rings (SSSR count). The second-order valence-corrected chi connectivity index (χ2v) is 5.68. The SMILES string of the molecule is COCOC(=O)c1cccc(Cn2c(=O)ccc(=O)c3ccccc32)c1. The molecule has 1 aromatic heterocycles. The molecule has 0 N–H and O–H groups in total. The summed E-state index contributed by atoms with van der Waals surface area (Å²) in [5.74, 6) is -0.508. The van der Waals surface area contributed by atoms with E-state index < -0.39 is 5.97 Å². The Morgan fingerprint density at radius 1 is 1.00 bits per heavy atom. The molecule has 1 heterocycles. The minimum absolute atomic E-state index is 0.131. The molecule has 3 aromatic rings. The van der Waals surface area contributed by atoms with Crippen LogP contribution in [0.2, 0.25) is 0 Å². The molecule has 0 unspecified atom stereocenters. The molecule has 6 nitrogen and oxygen atoms in total. The fourth-order valence-corrected chi connectivity index (χ4v) is 2.70. The molecule has 0 radical (unpaired) electrons. The standard InChI is InChI=1S/C20H17NO5/c1-25-13-26-20(24)15-6-4-5-14(11-15)12-21-17-8-3-2-7-16(17)18(22)9-10-19(21)23/h2-11H,12-13H2,1H3. The van der Waals surface area contributed by atoms with Gasteiger partial charge < -0.3 is 14.0 Å². The van der Waals surface area contributed by atoms with Crippen LogP contribution in [0.1, 0.15) is 15.9 Å². The monoisotopic (exact) mass is 351 g/mol. The number of methoxy groups -OCH3 is 1. The lowest BCUT2D eigenvalue weighted by molar-refractivity contribution is -0.0125. The Morgan fingerprint density at radius 2 is 1.81 bits per heavy atom. The van der Waals surface area contributed by atoms with Gasteiger partial charge in [-0.2, -0.15) is 0 Å². The number of carbonyl (C=O) groups is 1. The molecule has 0 aliphatic rings. The fraction of sp³-hybridized carbons (Fsp3) is 0.150. The molecule has 0 aliphatic heterocycles. The van der Waals surface area contributed by atoms with Crippen LogP contribution in [0.15, 0.2) is 70.3 Å². The highest BCUT2D eigenvalue weighted by atomic mass is 16.7. The molecule has 0 amide bonds. The molecular formula is C20H17NO5. The van der Waals surface area contributed by atoms with E-state index in [0.717, 1.165) is 5.56 Å². The van der Waals surface area contributed by atoms with Gasteiger partial charge in [-0.25, -0.2) is 4.79 Å². The summed E-state index contributed by atoms with van der Waals surface area (Å²) < 4.78 is 11.2. The number of esters is 1. The van der Waals surface area contributed by atoms with Crippen molar-refractivity contribution in [2.45, 2.75) is 6.54 Å². The Kier molecular flexibility index (Phi) is 5.24. The molecular weight excluding hydrogens is 334 g/mol. The number of hydrogen-bond acceptors (Lipinski definition) is 5. The summed E-state index contributed by atoms with van der Waals surface area (Å²) >= 11 is 0. The molecule has 2 aromatic carbocycles. The van der Waals surface area contributed by atoms with Crippen molar-refractivity contribution in [3.8, 4) is 0 Å². The first kappa shape index (κ1) is 17.6. The van der Waals surface area contributed by atoms with Crippen molar-refractivity contribution < 1.29 is 14.3 Å². The number of ether oxygens (including phenoxy) is 2. The van der Waals surface area contributed by atoms with Gasteiger partial charge in [0.15, 0.2) is 12.2 Å². The van der Waals surface area contributed by atoms with Gasteiger partial charge in [0.1, 0.15) is 0 Å². The smallest absolute Gasteiger partial charge is 0.340 e. The van der Waals surface area contributed by atoms with Gasteiger partial charge >= 0.3 is 5.97 Å². The quantitative estimate of drug-likeness (QED) is 0.520. The van der Waals surface area contributed by atoms with Crippen molar-refractivity contribution in [1.82, 2.24) is 4.57 Å². The summed E-state index contributed by atoms with van der Waals surface area (Å²) in [5, 5.41) is 0.463. The lowest BCUT2D eigenvalue weighted by Gasteiger charge is -2.09. The normalized spacial score (nSPS) is 10.7. The van der Waals surface area contributed by atoms with Crippen LogP contribution < -0.4 is 11.0 Å². The Labute approximate surface area is 149 Å². The number of benzene rings is 2.